The van der Waals surface area contributed by atoms with Crippen molar-refractivity contribution < 1.29 is 17.7 Å². The van der Waals surface area contributed by atoms with E-state index in [1.54, 1.807) is 12.1 Å². The molecular formula is C23H28ClN3O4S. The molecule has 3 aliphatic rings. The molecule has 2 aliphatic carbocycles. The van der Waals surface area contributed by atoms with Crippen LogP contribution in [0, 0.1) is 16.7 Å². The van der Waals surface area contributed by atoms with E-state index in [0.29, 0.717) is 55.0 Å². The summed E-state index contributed by atoms with van der Waals surface area (Å²) in [6, 6.07) is 7.22. The number of hydrogen-bond donors (Lipinski definition) is 0. The number of ketones is 1. The highest BCUT2D eigenvalue weighted by Crippen LogP contribution is 2.64. The lowest BCUT2D eigenvalue weighted by Crippen LogP contribution is -2.48. The van der Waals surface area contributed by atoms with Gasteiger partial charge in [0, 0.05) is 35.5 Å². The fraction of sp³-hybridized carbons (Fsp3) is 0.609. The van der Waals surface area contributed by atoms with Crippen LogP contribution in [-0.4, -0.2) is 47.5 Å². The summed E-state index contributed by atoms with van der Waals surface area (Å²) in [6.07, 6.45) is 3.61. The van der Waals surface area contributed by atoms with Crippen molar-refractivity contribution in [2.24, 2.45) is 16.7 Å². The van der Waals surface area contributed by atoms with Gasteiger partial charge in [0.15, 0.2) is 0 Å². The van der Waals surface area contributed by atoms with Crippen molar-refractivity contribution in [3.8, 4) is 11.4 Å². The minimum atomic E-state index is -3.60. The van der Waals surface area contributed by atoms with Gasteiger partial charge in [-0.25, -0.2) is 12.7 Å². The molecule has 5 rings (SSSR count). The molecule has 3 atom stereocenters. The summed E-state index contributed by atoms with van der Waals surface area (Å²) in [5.41, 5.74) is -0.275. The SMILES string of the molecule is CC1(C)C2CCC1(CS(=O)(=O)N1CCCC(c3nc(-c4cccc(Cl)c4)no3)C1)C(=O)C2. The molecule has 3 unspecified atom stereocenters. The van der Waals surface area contributed by atoms with Gasteiger partial charge in [0.1, 0.15) is 5.78 Å². The van der Waals surface area contributed by atoms with Gasteiger partial charge in [-0.05, 0) is 49.1 Å². The summed E-state index contributed by atoms with van der Waals surface area (Å²) in [4.78, 5) is 17.4. The summed E-state index contributed by atoms with van der Waals surface area (Å²) in [5.74, 6) is 1.04. The molecular weight excluding hydrogens is 450 g/mol. The van der Waals surface area contributed by atoms with Crippen LogP contribution in [0.15, 0.2) is 28.8 Å². The first-order chi connectivity index (χ1) is 15.1. The number of carbonyl (C=O) groups is 1. The molecule has 1 aromatic heterocycles. The topological polar surface area (TPSA) is 93.4 Å². The highest BCUT2D eigenvalue weighted by atomic mass is 35.5. The average Bonchev–Trinajstić information content (AvgIpc) is 3.38. The Hall–Kier alpha value is -1.77. The van der Waals surface area contributed by atoms with Crippen molar-refractivity contribution >= 4 is 27.4 Å². The lowest BCUT2D eigenvalue weighted by atomic mass is 9.70. The van der Waals surface area contributed by atoms with Crippen molar-refractivity contribution in [1.82, 2.24) is 14.4 Å². The fourth-order valence-corrected chi connectivity index (χ4v) is 8.54. The van der Waals surface area contributed by atoms with E-state index in [1.807, 2.05) is 12.1 Å². The van der Waals surface area contributed by atoms with Gasteiger partial charge >= 0.3 is 0 Å². The Morgan fingerprint density at radius 3 is 2.78 bits per heavy atom. The standard InChI is InChI=1S/C23H28ClN3O4S/c1-22(2)17-8-9-23(22,19(28)12-17)14-32(29,30)27-10-4-6-16(13-27)21-25-20(26-31-21)15-5-3-7-18(24)11-15/h3,5,7,11,16-17H,4,6,8-10,12-14H2,1-2H3. The zero-order valence-corrected chi connectivity index (χ0v) is 20.0. The van der Waals surface area contributed by atoms with Crippen molar-refractivity contribution in [3.05, 3.63) is 35.2 Å². The summed E-state index contributed by atoms with van der Waals surface area (Å²) in [7, 11) is -3.60. The molecule has 0 radical (unpaired) electrons. The third kappa shape index (κ3) is 3.42. The molecule has 0 amide bonds. The number of aromatic nitrogens is 2. The van der Waals surface area contributed by atoms with Crippen LogP contribution in [0.25, 0.3) is 11.4 Å². The second-order valence-corrected chi connectivity index (χ2v) is 12.5. The number of benzene rings is 1. The lowest BCUT2D eigenvalue weighted by Gasteiger charge is -2.39. The van der Waals surface area contributed by atoms with Gasteiger partial charge in [-0.2, -0.15) is 4.98 Å². The van der Waals surface area contributed by atoms with E-state index in [9.17, 15) is 13.2 Å². The van der Waals surface area contributed by atoms with Gasteiger partial charge in [-0.1, -0.05) is 42.7 Å². The Morgan fingerprint density at radius 2 is 2.09 bits per heavy atom. The van der Waals surface area contributed by atoms with Crippen LogP contribution in [0.5, 0.6) is 0 Å². The number of hydrogen-bond acceptors (Lipinski definition) is 6. The largest absolute Gasteiger partial charge is 0.339 e. The molecule has 32 heavy (non-hydrogen) atoms. The first-order valence-electron chi connectivity index (χ1n) is 11.2. The minimum absolute atomic E-state index is 0.0906. The van der Waals surface area contributed by atoms with Crippen LogP contribution in [0.4, 0.5) is 0 Å². The number of fused-ring (bicyclic) bond motifs is 2. The monoisotopic (exact) mass is 477 g/mol. The molecule has 0 N–H and O–H groups in total. The number of piperidine rings is 1. The minimum Gasteiger partial charge on any atom is -0.339 e. The number of nitrogens with zero attached hydrogens (tertiary/aromatic N) is 3. The van der Waals surface area contributed by atoms with Crippen LogP contribution in [0.3, 0.4) is 0 Å². The highest BCUT2D eigenvalue weighted by molar-refractivity contribution is 7.89. The van der Waals surface area contributed by atoms with E-state index in [4.69, 9.17) is 16.1 Å². The molecule has 3 fully saturated rings. The van der Waals surface area contributed by atoms with Crippen LogP contribution in [-0.2, 0) is 14.8 Å². The molecule has 9 heteroatoms. The van der Waals surface area contributed by atoms with Crippen molar-refractivity contribution in [2.45, 2.75) is 51.9 Å². The van der Waals surface area contributed by atoms with Crippen LogP contribution in [0.1, 0.15) is 57.8 Å². The van der Waals surface area contributed by atoms with E-state index < -0.39 is 15.4 Å². The van der Waals surface area contributed by atoms with Crippen molar-refractivity contribution in [1.29, 1.82) is 0 Å². The van der Waals surface area contributed by atoms with E-state index >= 15 is 0 Å². The first kappa shape index (κ1) is 22.0. The molecule has 2 heterocycles. The second-order valence-electron chi connectivity index (χ2n) is 10.1. The number of sulfonamides is 1. The normalized spacial score (nSPS) is 30.2. The number of carbonyl (C=O) groups excluding carboxylic acids is 1. The Balaban J connectivity index is 1.35. The Labute approximate surface area is 193 Å². The van der Waals surface area contributed by atoms with Crippen LogP contribution < -0.4 is 0 Å². The molecule has 1 aliphatic heterocycles. The summed E-state index contributed by atoms with van der Waals surface area (Å²) in [5, 5.41) is 4.66. The Kier molecular flexibility index (Phi) is 5.26. The molecule has 0 spiro atoms. The number of Topliss-reactive ketones (excluding diaryl/α,β-unsaturated/α-hetero) is 1. The maximum absolute atomic E-state index is 13.5. The average molecular weight is 478 g/mol. The summed E-state index contributed by atoms with van der Waals surface area (Å²) >= 11 is 6.06. The first-order valence-corrected chi connectivity index (χ1v) is 13.2. The van der Waals surface area contributed by atoms with E-state index in [-0.39, 0.29) is 22.9 Å². The summed E-state index contributed by atoms with van der Waals surface area (Å²) in [6.45, 7) is 4.90. The summed E-state index contributed by atoms with van der Waals surface area (Å²) < 4.78 is 34.0. The van der Waals surface area contributed by atoms with Crippen molar-refractivity contribution in [3.63, 3.8) is 0 Å². The third-order valence-corrected chi connectivity index (χ3v) is 10.4. The van der Waals surface area contributed by atoms with E-state index in [0.717, 1.165) is 18.4 Å². The van der Waals surface area contributed by atoms with E-state index in [2.05, 4.69) is 24.0 Å². The maximum Gasteiger partial charge on any atom is 0.231 e. The molecule has 1 saturated heterocycles. The van der Waals surface area contributed by atoms with Gasteiger partial charge < -0.3 is 4.52 Å². The van der Waals surface area contributed by atoms with Gasteiger partial charge in [0.25, 0.3) is 0 Å². The lowest BCUT2D eigenvalue weighted by molar-refractivity contribution is -0.128. The zero-order chi connectivity index (χ0) is 22.7. The Morgan fingerprint density at radius 1 is 1.28 bits per heavy atom. The zero-order valence-electron chi connectivity index (χ0n) is 18.4. The van der Waals surface area contributed by atoms with Crippen molar-refractivity contribution in [2.75, 3.05) is 18.8 Å². The molecule has 2 aromatic rings. The van der Waals surface area contributed by atoms with Crippen LogP contribution in [0.2, 0.25) is 5.02 Å². The van der Waals surface area contributed by atoms with E-state index in [1.165, 1.54) is 4.31 Å². The van der Waals surface area contributed by atoms with Crippen LogP contribution >= 0.6 is 11.6 Å². The van der Waals surface area contributed by atoms with Gasteiger partial charge in [-0.3, -0.25) is 4.79 Å². The predicted molar refractivity (Wildman–Crippen MR) is 121 cm³/mol. The third-order valence-electron chi connectivity index (χ3n) is 8.22. The highest BCUT2D eigenvalue weighted by Gasteiger charge is 2.65. The number of halogens is 1. The molecule has 172 valence electrons. The van der Waals surface area contributed by atoms with Gasteiger partial charge in [-0.15, -0.1) is 0 Å². The van der Waals surface area contributed by atoms with Gasteiger partial charge in [0.05, 0.1) is 11.7 Å². The van der Waals surface area contributed by atoms with Gasteiger partial charge in [0.2, 0.25) is 21.7 Å². The smallest absolute Gasteiger partial charge is 0.231 e. The fourth-order valence-electron chi connectivity index (χ4n) is 6.05. The second kappa shape index (κ2) is 7.64. The predicted octanol–water partition coefficient (Wildman–Crippen LogP) is 4.29. The quantitative estimate of drug-likeness (QED) is 0.637. The molecule has 7 nitrogen and oxygen atoms in total. The molecule has 1 aromatic carbocycles. The Bertz CT molecular complexity index is 1160. The maximum atomic E-state index is 13.5. The molecule has 2 bridgehead atoms. The number of rotatable bonds is 5. The molecule has 2 saturated carbocycles.